The van der Waals surface area contributed by atoms with E-state index in [0.717, 1.165) is 36.5 Å². The third kappa shape index (κ3) is 3.82. The zero-order valence-electron chi connectivity index (χ0n) is 13.5. The summed E-state index contributed by atoms with van der Waals surface area (Å²) < 4.78 is 0. The van der Waals surface area contributed by atoms with Gasteiger partial charge in [-0.25, -0.2) is 9.97 Å². The summed E-state index contributed by atoms with van der Waals surface area (Å²) in [4.78, 5) is 13.7. The number of rotatable bonds is 6. The van der Waals surface area contributed by atoms with Gasteiger partial charge >= 0.3 is 0 Å². The summed E-state index contributed by atoms with van der Waals surface area (Å²) in [5.41, 5.74) is 2.31. The largest absolute Gasteiger partial charge is 0.387 e. The van der Waals surface area contributed by atoms with E-state index >= 15 is 0 Å². The first-order chi connectivity index (χ1) is 11.1. The highest BCUT2D eigenvalue weighted by molar-refractivity contribution is 7.98. The highest BCUT2D eigenvalue weighted by Gasteiger charge is 2.23. The lowest BCUT2D eigenvalue weighted by molar-refractivity contribution is 0.0996. The van der Waals surface area contributed by atoms with Crippen molar-refractivity contribution in [3.05, 3.63) is 35.7 Å². The van der Waals surface area contributed by atoms with Gasteiger partial charge in [-0.05, 0) is 44.6 Å². The SMILES string of the molecule is CSCC(C)(O)CNc1nc(-c2ccccn2)nc2c1CCC2. The molecule has 2 heterocycles. The molecule has 0 spiro atoms. The van der Waals surface area contributed by atoms with Crippen molar-refractivity contribution in [2.45, 2.75) is 31.8 Å². The van der Waals surface area contributed by atoms with Crippen LogP contribution in [0.1, 0.15) is 24.6 Å². The minimum atomic E-state index is -0.763. The average molecular weight is 330 g/mol. The first-order valence-corrected chi connectivity index (χ1v) is 9.25. The van der Waals surface area contributed by atoms with Crippen molar-refractivity contribution in [1.82, 2.24) is 15.0 Å². The summed E-state index contributed by atoms with van der Waals surface area (Å²) in [6, 6.07) is 5.75. The monoisotopic (exact) mass is 330 g/mol. The standard InChI is InChI=1S/C17H22N4OS/c1-17(22,11-23-2)10-19-15-12-6-5-8-13(12)20-16(21-15)14-7-3-4-9-18-14/h3-4,7,9,22H,5-6,8,10-11H2,1-2H3,(H,19,20,21). The number of fused-ring (bicyclic) bond motifs is 1. The lowest BCUT2D eigenvalue weighted by Crippen LogP contribution is -2.36. The van der Waals surface area contributed by atoms with E-state index in [9.17, 15) is 5.11 Å². The predicted octanol–water partition coefficient (Wildman–Crippen LogP) is 2.55. The molecule has 0 fully saturated rings. The average Bonchev–Trinajstić information content (AvgIpc) is 3.02. The molecule has 2 aromatic heterocycles. The quantitative estimate of drug-likeness (QED) is 0.848. The molecule has 0 bridgehead atoms. The molecule has 1 atom stereocenters. The van der Waals surface area contributed by atoms with Crippen LogP contribution in [0.5, 0.6) is 0 Å². The summed E-state index contributed by atoms with van der Waals surface area (Å²) in [5, 5.41) is 13.7. The Bertz CT molecular complexity index is 676. The predicted molar refractivity (Wildman–Crippen MR) is 94.8 cm³/mol. The van der Waals surface area contributed by atoms with Crippen LogP contribution in [0.2, 0.25) is 0 Å². The fourth-order valence-electron chi connectivity index (χ4n) is 2.82. The van der Waals surface area contributed by atoms with Crippen molar-refractivity contribution in [3.63, 3.8) is 0 Å². The molecule has 5 nitrogen and oxygen atoms in total. The van der Waals surface area contributed by atoms with Gasteiger partial charge in [-0.1, -0.05) is 6.07 Å². The molecular weight excluding hydrogens is 308 g/mol. The second-order valence-corrected chi connectivity index (χ2v) is 7.04. The second kappa shape index (κ2) is 6.84. The Morgan fingerprint density at radius 3 is 2.91 bits per heavy atom. The summed E-state index contributed by atoms with van der Waals surface area (Å²) in [6.07, 6.45) is 6.82. The number of pyridine rings is 1. The molecule has 122 valence electrons. The minimum Gasteiger partial charge on any atom is -0.387 e. The van der Waals surface area contributed by atoms with Crippen LogP contribution in [0, 0.1) is 0 Å². The van der Waals surface area contributed by atoms with Crippen molar-refractivity contribution in [1.29, 1.82) is 0 Å². The van der Waals surface area contributed by atoms with Gasteiger partial charge in [0, 0.05) is 29.8 Å². The van der Waals surface area contributed by atoms with Gasteiger partial charge in [-0.2, -0.15) is 11.8 Å². The fraction of sp³-hybridized carbons (Fsp3) is 0.471. The van der Waals surface area contributed by atoms with Crippen molar-refractivity contribution >= 4 is 17.6 Å². The minimum absolute atomic E-state index is 0.471. The topological polar surface area (TPSA) is 70.9 Å². The molecule has 2 aromatic rings. The summed E-state index contributed by atoms with van der Waals surface area (Å²) in [6.45, 7) is 2.32. The first-order valence-electron chi connectivity index (χ1n) is 7.85. The Hall–Kier alpha value is -1.66. The summed E-state index contributed by atoms with van der Waals surface area (Å²) in [7, 11) is 0. The van der Waals surface area contributed by atoms with E-state index in [-0.39, 0.29) is 0 Å². The number of thioether (sulfide) groups is 1. The zero-order chi connectivity index (χ0) is 16.3. The maximum absolute atomic E-state index is 10.4. The molecule has 3 rings (SSSR count). The third-order valence-electron chi connectivity index (χ3n) is 3.92. The Balaban J connectivity index is 1.89. The fourth-order valence-corrected chi connectivity index (χ4v) is 3.55. The highest BCUT2D eigenvalue weighted by atomic mass is 32.2. The van der Waals surface area contributed by atoms with E-state index in [2.05, 4.69) is 20.3 Å². The number of hydrogen-bond acceptors (Lipinski definition) is 6. The molecule has 0 aromatic carbocycles. The molecule has 0 amide bonds. The van der Waals surface area contributed by atoms with Gasteiger partial charge in [-0.3, -0.25) is 4.98 Å². The number of aromatic nitrogens is 3. The van der Waals surface area contributed by atoms with E-state index in [0.29, 0.717) is 18.1 Å². The highest BCUT2D eigenvalue weighted by Crippen LogP contribution is 2.29. The smallest absolute Gasteiger partial charge is 0.180 e. The maximum Gasteiger partial charge on any atom is 0.180 e. The number of aliphatic hydroxyl groups is 1. The van der Waals surface area contributed by atoms with E-state index in [1.165, 1.54) is 5.56 Å². The molecule has 1 unspecified atom stereocenters. The molecule has 0 saturated carbocycles. The van der Waals surface area contributed by atoms with Gasteiger partial charge in [0.05, 0.1) is 5.60 Å². The van der Waals surface area contributed by atoms with Crippen LogP contribution in [-0.4, -0.2) is 44.2 Å². The Labute approximate surface area is 141 Å². The van der Waals surface area contributed by atoms with Gasteiger partial charge in [0.2, 0.25) is 0 Å². The van der Waals surface area contributed by atoms with Crippen LogP contribution in [-0.2, 0) is 12.8 Å². The molecule has 6 heteroatoms. The van der Waals surface area contributed by atoms with Crippen molar-refractivity contribution < 1.29 is 5.11 Å². The molecule has 0 saturated heterocycles. The Morgan fingerprint density at radius 1 is 1.30 bits per heavy atom. The van der Waals surface area contributed by atoms with Crippen LogP contribution in [0.3, 0.4) is 0 Å². The molecule has 23 heavy (non-hydrogen) atoms. The molecule has 0 aliphatic heterocycles. The van der Waals surface area contributed by atoms with Gasteiger partial charge < -0.3 is 10.4 Å². The van der Waals surface area contributed by atoms with Crippen LogP contribution in [0.4, 0.5) is 5.82 Å². The number of aryl methyl sites for hydroxylation is 1. The first kappa shape index (κ1) is 16.2. The lowest BCUT2D eigenvalue weighted by atomic mass is 10.1. The summed E-state index contributed by atoms with van der Waals surface area (Å²) >= 11 is 1.64. The Morgan fingerprint density at radius 2 is 2.17 bits per heavy atom. The van der Waals surface area contributed by atoms with E-state index < -0.39 is 5.60 Å². The molecular formula is C17H22N4OS. The van der Waals surface area contributed by atoms with Crippen LogP contribution in [0.25, 0.3) is 11.5 Å². The van der Waals surface area contributed by atoms with Gasteiger partial charge in [0.15, 0.2) is 5.82 Å². The zero-order valence-corrected chi connectivity index (χ0v) is 14.4. The number of anilines is 1. The van der Waals surface area contributed by atoms with E-state index in [4.69, 9.17) is 0 Å². The van der Waals surface area contributed by atoms with Gasteiger partial charge in [0.1, 0.15) is 11.5 Å². The van der Waals surface area contributed by atoms with Crippen LogP contribution < -0.4 is 5.32 Å². The van der Waals surface area contributed by atoms with Gasteiger partial charge in [0.25, 0.3) is 0 Å². The van der Waals surface area contributed by atoms with Crippen molar-refractivity contribution in [2.24, 2.45) is 0 Å². The molecule has 1 aliphatic rings. The Kier molecular flexibility index (Phi) is 4.82. The van der Waals surface area contributed by atoms with E-state index in [1.54, 1.807) is 18.0 Å². The number of nitrogens with zero attached hydrogens (tertiary/aromatic N) is 3. The molecule has 0 radical (unpaired) electrons. The van der Waals surface area contributed by atoms with Crippen LogP contribution >= 0.6 is 11.8 Å². The van der Waals surface area contributed by atoms with Gasteiger partial charge in [-0.15, -0.1) is 0 Å². The molecule has 1 aliphatic carbocycles. The van der Waals surface area contributed by atoms with Crippen LogP contribution in [0.15, 0.2) is 24.4 Å². The summed E-state index contributed by atoms with van der Waals surface area (Å²) in [5.74, 6) is 2.17. The number of hydrogen-bond donors (Lipinski definition) is 2. The number of nitrogens with one attached hydrogen (secondary N) is 1. The normalized spacial score (nSPS) is 16.0. The lowest BCUT2D eigenvalue weighted by Gasteiger charge is -2.23. The van der Waals surface area contributed by atoms with Crippen molar-refractivity contribution in [2.75, 3.05) is 23.9 Å². The third-order valence-corrected chi connectivity index (χ3v) is 4.83. The second-order valence-electron chi connectivity index (χ2n) is 6.17. The van der Waals surface area contributed by atoms with E-state index in [1.807, 2.05) is 31.4 Å². The van der Waals surface area contributed by atoms with Crippen molar-refractivity contribution in [3.8, 4) is 11.5 Å². The molecule has 2 N–H and O–H groups in total. The maximum atomic E-state index is 10.4.